The van der Waals surface area contributed by atoms with Gasteiger partial charge in [0, 0.05) is 29.1 Å². The van der Waals surface area contributed by atoms with Crippen molar-refractivity contribution >= 4 is 34.9 Å². The molecule has 1 atom stereocenters. The molecule has 146 valence electrons. The summed E-state index contributed by atoms with van der Waals surface area (Å²) in [4.78, 5) is 26.8. The normalized spacial score (nSPS) is 15.6. The molecule has 1 aromatic carbocycles. The van der Waals surface area contributed by atoms with E-state index in [1.165, 1.54) is 17.4 Å². The van der Waals surface area contributed by atoms with Crippen molar-refractivity contribution in [3.63, 3.8) is 0 Å². The zero-order valence-corrected chi connectivity index (χ0v) is 16.9. The molecule has 0 fully saturated rings. The molecule has 28 heavy (non-hydrogen) atoms. The number of carboxylic acid groups (broad SMARTS) is 1. The Kier molecular flexibility index (Phi) is 6.67. The number of aliphatic carboxylic acids is 1. The van der Waals surface area contributed by atoms with Crippen LogP contribution in [0.4, 0.5) is 0 Å². The summed E-state index contributed by atoms with van der Waals surface area (Å²) in [5.41, 5.74) is 1.56. The van der Waals surface area contributed by atoms with Crippen LogP contribution in [0.3, 0.4) is 0 Å². The lowest BCUT2D eigenvalue weighted by Gasteiger charge is -2.32. The number of carbonyl (C=O) groups is 2. The molecule has 0 saturated carbocycles. The SMILES string of the molecule is C/C=C/C=C/C(=O)Oc1cc2c(s1)CCN([C@H](C(=O)O)c1ccccc1Cl)C2. The Hall–Kier alpha value is -2.41. The number of hydrogen-bond acceptors (Lipinski definition) is 5. The molecule has 0 saturated heterocycles. The average molecular weight is 418 g/mol. The second kappa shape index (κ2) is 9.19. The van der Waals surface area contributed by atoms with E-state index in [0.29, 0.717) is 35.2 Å². The average Bonchev–Trinajstić information content (AvgIpc) is 3.05. The summed E-state index contributed by atoms with van der Waals surface area (Å²) in [6, 6.07) is 8.01. The van der Waals surface area contributed by atoms with Gasteiger partial charge in [0.15, 0.2) is 5.06 Å². The van der Waals surface area contributed by atoms with Crippen LogP contribution in [-0.4, -0.2) is 28.5 Å². The summed E-state index contributed by atoms with van der Waals surface area (Å²) < 4.78 is 5.36. The van der Waals surface area contributed by atoms with Gasteiger partial charge in [-0.1, -0.05) is 48.0 Å². The minimum absolute atomic E-state index is 0.437. The summed E-state index contributed by atoms with van der Waals surface area (Å²) in [7, 11) is 0. The lowest BCUT2D eigenvalue weighted by Crippen LogP contribution is -2.37. The fraction of sp³-hybridized carbons (Fsp3) is 0.238. The lowest BCUT2D eigenvalue weighted by atomic mass is 10.0. The first-order valence-electron chi connectivity index (χ1n) is 8.83. The number of ether oxygens (including phenoxy) is 1. The van der Waals surface area contributed by atoms with E-state index in [9.17, 15) is 14.7 Å². The highest BCUT2D eigenvalue weighted by Gasteiger charge is 2.32. The van der Waals surface area contributed by atoms with E-state index in [1.807, 2.05) is 24.0 Å². The fourth-order valence-electron chi connectivity index (χ4n) is 3.16. The summed E-state index contributed by atoms with van der Waals surface area (Å²) >= 11 is 7.67. The minimum Gasteiger partial charge on any atom is -0.480 e. The molecule has 7 heteroatoms. The number of thiophene rings is 1. The number of nitrogens with zero attached hydrogens (tertiary/aromatic N) is 1. The highest BCUT2D eigenvalue weighted by Crippen LogP contribution is 2.37. The van der Waals surface area contributed by atoms with Crippen LogP contribution in [0.1, 0.15) is 29.0 Å². The summed E-state index contributed by atoms with van der Waals surface area (Å²) in [6.45, 7) is 2.91. The smallest absolute Gasteiger partial charge is 0.336 e. The van der Waals surface area contributed by atoms with Gasteiger partial charge in [0.1, 0.15) is 6.04 Å². The molecule has 5 nitrogen and oxygen atoms in total. The van der Waals surface area contributed by atoms with Crippen LogP contribution >= 0.6 is 22.9 Å². The Morgan fingerprint density at radius 3 is 2.82 bits per heavy atom. The highest BCUT2D eigenvalue weighted by molar-refractivity contribution is 7.14. The number of carboxylic acids is 1. The van der Waals surface area contributed by atoms with E-state index in [0.717, 1.165) is 10.4 Å². The molecular weight excluding hydrogens is 398 g/mol. The maximum atomic E-state index is 12.0. The zero-order chi connectivity index (χ0) is 20.1. The van der Waals surface area contributed by atoms with Crippen molar-refractivity contribution in [1.82, 2.24) is 4.90 Å². The van der Waals surface area contributed by atoms with E-state index < -0.39 is 18.0 Å². The van der Waals surface area contributed by atoms with E-state index in [1.54, 1.807) is 36.4 Å². The standard InChI is InChI=1S/C21H20ClNO4S/c1-2-3-4-9-18(24)27-19-12-14-13-23(11-10-17(14)28-19)20(21(25)26)15-7-5-6-8-16(15)22/h2-9,12,20H,10-11,13H2,1H3,(H,25,26)/b3-2+,9-4+/t20-/m0/s1. The first-order chi connectivity index (χ1) is 13.5. The number of benzene rings is 1. The highest BCUT2D eigenvalue weighted by atomic mass is 35.5. The molecule has 1 N–H and O–H groups in total. The van der Waals surface area contributed by atoms with Gasteiger partial charge in [0.05, 0.1) is 0 Å². The largest absolute Gasteiger partial charge is 0.480 e. The predicted octanol–water partition coefficient (Wildman–Crippen LogP) is 4.62. The molecule has 3 rings (SSSR count). The number of halogens is 1. The molecule has 0 aliphatic carbocycles. The molecular formula is C21H20ClNO4S. The second-order valence-electron chi connectivity index (χ2n) is 6.30. The van der Waals surface area contributed by atoms with Gasteiger partial charge in [-0.05, 0) is 36.6 Å². The van der Waals surface area contributed by atoms with E-state index >= 15 is 0 Å². The van der Waals surface area contributed by atoms with Gasteiger partial charge < -0.3 is 9.84 Å². The number of rotatable bonds is 6. The van der Waals surface area contributed by atoms with Gasteiger partial charge >= 0.3 is 11.9 Å². The van der Waals surface area contributed by atoms with Crippen LogP contribution in [-0.2, 0) is 22.6 Å². The van der Waals surface area contributed by atoms with Crippen LogP contribution in [0.25, 0.3) is 0 Å². The van der Waals surface area contributed by atoms with Crippen molar-refractivity contribution in [2.24, 2.45) is 0 Å². The molecule has 1 aliphatic rings. The Morgan fingerprint density at radius 2 is 2.11 bits per heavy atom. The molecule has 0 spiro atoms. The number of esters is 1. The van der Waals surface area contributed by atoms with Crippen molar-refractivity contribution in [2.45, 2.75) is 25.9 Å². The fourth-order valence-corrected chi connectivity index (χ4v) is 4.41. The lowest BCUT2D eigenvalue weighted by molar-refractivity contribution is -0.144. The topological polar surface area (TPSA) is 66.8 Å². The Bertz CT molecular complexity index is 934. The third-order valence-corrected chi connectivity index (χ3v) is 5.87. The maximum Gasteiger partial charge on any atom is 0.336 e. The van der Waals surface area contributed by atoms with Gasteiger partial charge in [-0.25, -0.2) is 4.79 Å². The monoisotopic (exact) mass is 417 g/mol. The zero-order valence-electron chi connectivity index (χ0n) is 15.3. The Morgan fingerprint density at radius 1 is 1.32 bits per heavy atom. The Labute approximate surface area is 172 Å². The summed E-state index contributed by atoms with van der Waals surface area (Å²) in [5.74, 6) is -1.37. The van der Waals surface area contributed by atoms with Gasteiger partial charge in [0.25, 0.3) is 0 Å². The van der Waals surface area contributed by atoms with Crippen LogP contribution in [0, 0.1) is 0 Å². The molecule has 1 aliphatic heterocycles. The second-order valence-corrected chi connectivity index (χ2v) is 7.81. The van der Waals surface area contributed by atoms with Crippen molar-refractivity contribution in [3.05, 3.63) is 75.7 Å². The van der Waals surface area contributed by atoms with Gasteiger partial charge in [-0.3, -0.25) is 9.69 Å². The third kappa shape index (κ3) is 4.70. The van der Waals surface area contributed by atoms with Crippen LogP contribution in [0.5, 0.6) is 5.06 Å². The first kappa shape index (κ1) is 20.3. The molecule has 2 aromatic rings. The molecule has 2 heterocycles. The van der Waals surface area contributed by atoms with E-state index in [4.69, 9.17) is 16.3 Å². The maximum absolute atomic E-state index is 12.0. The Balaban J connectivity index is 1.76. The van der Waals surface area contributed by atoms with Crippen LogP contribution in [0.2, 0.25) is 5.02 Å². The summed E-state index contributed by atoms with van der Waals surface area (Å²) in [5, 5.41) is 10.8. The van der Waals surface area contributed by atoms with Crippen LogP contribution < -0.4 is 4.74 Å². The number of allylic oxidation sites excluding steroid dienone is 3. The molecule has 0 bridgehead atoms. The van der Waals surface area contributed by atoms with Crippen molar-refractivity contribution in [2.75, 3.05) is 6.54 Å². The minimum atomic E-state index is -0.937. The molecule has 0 amide bonds. The van der Waals surface area contributed by atoms with Gasteiger partial charge in [0.2, 0.25) is 0 Å². The number of fused-ring (bicyclic) bond motifs is 1. The van der Waals surface area contributed by atoms with Gasteiger partial charge in [-0.15, -0.1) is 11.3 Å². The van der Waals surface area contributed by atoms with E-state index in [-0.39, 0.29) is 0 Å². The summed E-state index contributed by atoms with van der Waals surface area (Å²) in [6.07, 6.45) is 7.25. The van der Waals surface area contributed by atoms with Crippen LogP contribution in [0.15, 0.2) is 54.6 Å². The molecule has 1 aromatic heterocycles. The number of carbonyl (C=O) groups excluding carboxylic acids is 1. The molecule has 0 radical (unpaired) electrons. The third-order valence-electron chi connectivity index (χ3n) is 4.41. The van der Waals surface area contributed by atoms with Crippen molar-refractivity contribution in [1.29, 1.82) is 0 Å². The predicted molar refractivity (Wildman–Crippen MR) is 110 cm³/mol. The molecule has 0 unspecified atom stereocenters. The van der Waals surface area contributed by atoms with Gasteiger partial charge in [-0.2, -0.15) is 0 Å². The van der Waals surface area contributed by atoms with E-state index in [2.05, 4.69) is 0 Å². The number of hydrogen-bond donors (Lipinski definition) is 1. The first-order valence-corrected chi connectivity index (χ1v) is 10.0. The van der Waals surface area contributed by atoms with Crippen molar-refractivity contribution in [3.8, 4) is 5.06 Å². The quantitative estimate of drug-likeness (QED) is 0.422. The van der Waals surface area contributed by atoms with Crippen molar-refractivity contribution < 1.29 is 19.4 Å².